The molecule has 25 heavy (non-hydrogen) atoms. The van der Waals surface area contributed by atoms with E-state index in [2.05, 4.69) is 0 Å². The van der Waals surface area contributed by atoms with Crippen molar-refractivity contribution in [2.45, 2.75) is 12.7 Å². The molecule has 0 saturated carbocycles. The minimum absolute atomic E-state index is 0.0475. The van der Waals surface area contributed by atoms with Gasteiger partial charge in [0.2, 0.25) is 11.5 Å². The van der Waals surface area contributed by atoms with E-state index in [0.29, 0.717) is 31.5 Å². The Balaban J connectivity index is 1.77. The number of benzene rings is 1. The molecular weight excluding hydrogens is 328 g/mol. The molecule has 2 heterocycles. The summed E-state index contributed by atoms with van der Waals surface area (Å²) < 4.78 is 16.5. The van der Waals surface area contributed by atoms with Crippen LogP contribution in [-0.4, -0.2) is 35.2 Å². The summed E-state index contributed by atoms with van der Waals surface area (Å²) >= 11 is 0. The first kappa shape index (κ1) is 16.9. The molecule has 0 bridgehead atoms. The highest BCUT2D eigenvalue weighted by atomic mass is 16.7. The van der Waals surface area contributed by atoms with Crippen LogP contribution in [0.25, 0.3) is 0 Å². The van der Waals surface area contributed by atoms with Crippen LogP contribution < -0.4 is 0 Å². The first-order valence-electron chi connectivity index (χ1n) is 7.62. The van der Waals surface area contributed by atoms with Crippen LogP contribution in [0.5, 0.6) is 0 Å². The van der Waals surface area contributed by atoms with Gasteiger partial charge < -0.3 is 24.1 Å². The minimum atomic E-state index is -1.58. The summed E-state index contributed by atoms with van der Waals surface area (Å²) in [5.74, 6) is -2.86. The Morgan fingerprint density at radius 3 is 2.52 bits per heavy atom. The zero-order chi connectivity index (χ0) is 17.8. The number of rotatable bonds is 6. The number of allylic oxidation sites excluding steroid dienone is 1. The SMILES string of the molecule is O=C(O)C(O)=CC(=O)c1ccc(Cc2ccccc2C2OCCO2)o1. The largest absolute Gasteiger partial charge is 0.502 e. The van der Waals surface area contributed by atoms with Gasteiger partial charge >= 0.3 is 5.97 Å². The Labute approximate surface area is 143 Å². The van der Waals surface area contributed by atoms with Gasteiger partial charge in [0.1, 0.15) is 5.76 Å². The summed E-state index contributed by atoms with van der Waals surface area (Å²) in [7, 11) is 0. The van der Waals surface area contributed by atoms with Gasteiger partial charge in [-0.3, -0.25) is 4.79 Å². The van der Waals surface area contributed by atoms with Gasteiger partial charge in [-0.15, -0.1) is 0 Å². The van der Waals surface area contributed by atoms with E-state index < -0.39 is 23.8 Å². The first-order valence-corrected chi connectivity index (χ1v) is 7.62. The molecule has 0 radical (unpaired) electrons. The number of aliphatic carboxylic acids is 1. The number of carbonyl (C=O) groups excluding carboxylic acids is 1. The number of hydrogen-bond acceptors (Lipinski definition) is 6. The van der Waals surface area contributed by atoms with E-state index in [-0.39, 0.29) is 5.76 Å². The lowest BCUT2D eigenvalue weighted by molar-refractivity contribution is -0.135. The molecular formula is C18H16O7. The molecule has 0 unspecified atom stereocenters. The highest BCUT2D eigenvalue weighted by Gasteiger charge is 2.21. The van der Waals surface area contributed by atoms with Crippen molar-refractivity contribution in [3.63, 3.8) is 0 Å². The van der Waals surface area contributed by atoms with Crippen LogP contribution >= 0.6 is 0 Å². The van der Waals surface area contributed by atoms with E-state index in [9.17, 15) is 9.59 Å². The second kappa shape index (κ2) is 7.33. The van der Waals surface area contributed by atoms with Crippen LogP contribution in [0.15, 0.2) is 52.7 Å². The van der Waals surface area contributed by atoms with E-state index in [1.54, 1.807) is 6.07 Å². The van der Waals surface area contributed by atoms with Crippen LogP contribution in [0.3, 0.4) is 0 Å². The van der Waals surface area contributed by atoms with E-state index in [4.69, 9.17) is 24.1 Å². The molecule has 0 amide bonds. The van der Waals surface area contributed by atoms with Gasteiger partial charge in [-0.05, 0) is 17.7 Å². The molecule has 0 spiro atoms. The van der Waals surface area contributed by atoms with E-state index in [1.807, 2.05) is 24.3 Å². The molecule has 1 aromatic carbocycles. The summed E-state index contributed by atoms with van der Waals surface area (Å²) in [5.41, 5.74) is 1.83. The summed E-state index contributed by atoms with van der Waals surface area (Å²) in [4.78, 5) is 22.4. The van der Waals surface area contributed by atoms with Gasteiger partial charge in [0.15, 0.2) is 12.1 Å². The van der Waals surface area contributed by atoms with Gasteiger partial charge in [-0.2, -0.15) is 0 Å². The van der Waals surface area contributed by atoms with Crippen LogP contribution in [0.4, 0.5) is 0 Å². The standard InChI is InChI=1S/C18H16O7/c19-14(10-15(20)17(21)22)16-6-5-12(25-16)9-11-3-1-2-4-13(11)18-23-7-8-24-18/h1-6,10,18,20H,7-9H2,(H,21,22). The van der Waals surface area contributed by atoms with E-state index in [1.165, 1.54) is 6.07 Å². The summed E-state index contributed by atoms with van der Waals surface area (Å²) in [6.07, 6.45) is 0.614. The molecule has 2 N–H and O–H groups in total. The summed E-state index contributed by atoms with van der Waals surface area (Å²) in [6, 6.07) is 10.7. The number of carbonyl (C=O) groups is 2. The Hall–Kier alpha value is -2.90. The third-order valence-corrected chi connectivity index (χ3v) is 3.69. The second-order valence-corrected chi connectivity index (χ2v) is 5.41. The fraction of sp³-hybridized carbons (Fsp3) is 0.222. The molecule has 1 aliphatic heterocycles. The molecule has 130 valence electrons. The predicted octanol–water partition coefficient (Wildman–Crippen LogP) is 2.63. The lowest BCUT2D eigenvalue weighted by Crippen LogP contribution is -2.04. The number of ketones is 1. The van der Waals surface area contributed by atoms with Crippen LogP contribution in [0.2, 0.25) is 0 Å². The van der Waals surface area contributed by atoms with E-state index >= 15 is 0 Å². The average Bonchev–Trinajstić information content (AvgIpc) is 3.27. The number of furan rings is 1. The van der Waals surface area contributed by atoms with Crippen molar-refractivity contribution in [2.24, 2.45) is 0 Å². The maximum Gasteiger partial charge on any atom is 0.371 e. The van der Waals surface area contributed by atoms with Crippen molar-refractivity contribution >= 4 is 11.8 Å². The zero-order valence-electron chi connectivity index (χ0n) is 13.2. The smallest absolute Gasteiger partial charge is 0.371 e. The molecule has 0 aliphatic carbocycles. The predicted molar refractivity (Wildman–Crippen MR) is 85.3 cm³/mol. The molecule has 3 rings (SSSR count). The second-order valence-electron chi connectivity index (χ2n) is 5.41. The van der Waals surface area contributed by atoms with Crippen LogP contribution in [0, 0.1) is 0 Å². The molecule has 1 aromatic heterocycles. The van der Waals surface area contributed by atoms with Crippen molar-refractivity contribution in [3.8, 4) is 0 Å². The molecule has 0 atom stereocenters. The van der Waals surface area contributed by atoms with Gasteiger partial charge in [0.05, 0.1) is 13.2 Å². The first-order chi connectivity index (χ1) is 12.0. The highest BCUT2D eigenvalue weighted by Crippen LogP contribution is 2.28. The minimum Gasteiger partial charge on any atom is -0.502 e. The average molecular weight is 344 g/mol. The zero-order valence-corrected chi connectivity index (χ0v) is 13.2. The molecule has 1 saturated heterocycles. The molecule has 2 aromatic rings. The molecule has 1 aliphatic rings. The number of carboxylic acids is 1. The normalized spacial score (nSPS) is 15.4. The quantitative estimate of drug-likeness (QED) is 0.471. The molecule has 7 nitrogen and oxygen atoms in total. The Morgan fingerprint density at radius 2 is 1.80 bits per heavy atom. The van der Waals surface area contributed by atoms with Crippen molar-refractivity contribution in [3.05, 3.63) is 70.9 Å². The summed E-state index contributed by atoms with van der Waals surface area (Å²) in [6.45, 7) is 1.08. The number of hydrogen-bond donors (Lipinski definition) is 2. The Bertz CT molecular complexity index is 812. The monoisotopic (exact) mass is 344 g/mol. The van der Waals surface area contributed by atoms with Crippen LogP contribution in [-0.2, 0) is 20.7 Å². The number of ether oxygens (including phenoxy) is 2. The Morgan fingerprint density at radius 1 is 1.08 bits per heavy atom. The molecule has 7 heteroatoms. The third kappa shape index (κ3) is 3.96. The van der Waals surface area contributed by atoms with Crippen molar-refractivity contribution < 1.29 is 33.7 Å². The number of aliphatic hydroxyl groups is 1. The van der Waals surface area contributed by atoms with Gasteiger partial charge in [0, 0.05) is 18.1 Å². The maximum atomic E-state index is 11.9. The fourth-order valence-corrected chi connectivity index (χ4v) is 2.51. The lowest BCUT2D eigenvalue weighted by Gasteiger charge is -2.13. The topological polar surface area (TPSA) is 106 Å². The Kier molecular flexibility index (Phi) is 4.97. The third-order valence-electron chi connectivity index (χ3n) is 3.69. The van der Waals surface area contributed by atoms with Gasteiger partial charge in [-0.1, -0.05) is 24.3 Å². The number of aliphatic hydroxyl groups excluding tert-OH is 1. The van der Waals surface area contributed by atoms with Gasteiger partial charge in [-0.25, -0.2) is 4.79 Å². The number of carboxylic acid groups (broad SMARTS) is 1. The van der Waals surface area contributed by atoms with Crippen molar-refractivity contribution in [1.82, 2.24) is 0 Å². The highest BCUT2D eigenvalue weighted by molar-refractivity contribution is 6.06. The van der Waals surface area contributed by atoms with E-state index in [0.717, 1.165) is 11.1 Å². The van der Waals surface area contributed by atoms with Gasteiger partial charge in [0.25, 0.3) is 0 Å². The molecule has 1 fully saturated rings. The summed E-state index contributed by atoms with van der Waals surface area (Å²) in [5, 5.41) is 17.7. The lowest BCUT2D eigenvalue weighted by atomic mass is 10.0. The van der Waals surface area contributed by atoms with Crippen LogP contribution in [0.1, 0.15) is 33.7 Å². The maximum absolute atomic E-state index is 11.9. The van der Waals surface area contributed by atoms with Crippen molar-refractivity contribution in [2.75, 3.05) is 13.2 Å². The van der Waals surface area contributed by atoms with Crippen molar-refractivity contribution in [1.29, 1.82) is 0 Å². The fourth-order valence-electron chi connectivity index (χ4n) is 2.51.